The average molecular weight is 337 g/mol. The van der Waals surface area contributed by atoms with Gasteiger partial charge in [-0.2, -0.15) is 0 Å². The number of nitrogens with two attached hydrogens (primary N) is 1. The maximum absolute atomic E-state index is 6.35. The number of nitrogens with zero attached hydrogens (tertiary/aromatic N) is 1. The van der Waals surface area contributed by atoms with Gasteiger partial charge in [0.1, 0.15) is 0 Å². The number of hydrogen-bond donors (Lipinski definition) is 1. The van der Waals surface area contributed by atoms with Gasteiger partial charge in [0.2, 0.25) is 0 Å². The zero-order chi connectivity index (χ0) is 14.5. The summed E-state index contributed by atoms with van der Waals surface area (Å²) in [5, 5.41) is 0. The largest absolute Gasteiger partial charge is 0.472 e. The molecule has 2 N–H and O–H groups in total. The molecule has 0 aliphatic heterocycles. The minimum Gasteiger partial charge on any atom is -0.472 e. The van der Waals surface area contributed by atoms with Crippen LogP contribution in [0.4, 0.5) is 0 Å². The summed E-state index contributed by atoms with van der Waals surface area (Å²) < 4.78 is 6.22. The standard InChI is InChI=1S/C16H21BrN2O/c1-3-15(18)16(13-5-4-6-14(17)9-13)19(2)10-12-7-8-20-11-12/h4-9,11,15-16H,3,10,18H2,1-2H3. The van der Waals surface area contributed by atoms with Crippen LogP contribution in [0.3, 0.4) is 0 Å². The summed E-state index contributed by atoms with van der Waals surface area (Å²) in [5.74, 6) is 0. The first-order valence-electron chi connectivity index (χ1n) is 6.84. The van der Waals surface area contributed by atoms with Crippen molar-refractivity contribution in [3.05, 3.63) is 58.5 Å². The Kier molecular flexibility index (Phi) is 5.40. The van der Waals surface area contributed by atoms with Crippen molar-refractivity contribution in [1.29, 1.82) is 0 Å². The van der Waals surface area contributed by atoms with Gasteiger partial charge in [0.05, 0.1) is 12.5 Å². The van der Waals surface area contributed by atoms with Crippen LogP contribution in [0.5, 0.6) is 0 Å². The van der Waals surface area contributed by atoms with Crippen molar-refractivity contribution in [3.8, 4) is 0 Å². The van der Waals surface area contributed by atoms with E-state index in [0.29, 0.717) is 0 Å². The Labute approximate surface area is 128 Å². The van der Waals surface area contributed by atoms with Crippen molar-refractivity contribution in [2.45, 2.75) is 32.0 Å². The summed E-state index contributed by atoms with van der Waals surface area (Å²) in [6.07, 6.45) is 4.43. The van der Waals surface area contributed by atoms with Gasteiger partial charge in [-0.3, -0.25) is 4.90 Å². The molecule has 2 atom stereocenters. The minimum atomic E-state index is 0.0983. The van der Waals surface area contributed by atoms with Gasteiger partial charge < -0.3 is 10.2 Å². The van der Waals surface area contributed by atoms with Crippen LogP contribution in [0, 0.1) is 0 Å². The second-order valence-corrected chi connectivity index (χ2v) is 6.03. The molecule has 2 unspecified atom stereocenters. The van der Waals surface area contributed by atoms with Gasteiger partial charge in [-0.15, -0.1) is 0 Å². The predicted molar refractivity (Wildman–Crippen MR) is 85.3 cm³/mol. The highest BCUT2D eigenvalue weighted by Gasteiger charge is 2.23. The summed E-state index contributed by atoms with van der Waals surface area (Å²) in [7, 11) is 2.11. The minimum absolute atomic E-state index is 0.0983. The fourth-order valence-corrected chi connectivity index (χ4v) is 2.93. The number of benzene rings is 1. The first-order valence-corrected chi connectivity index (χ1v) is 7.63. The zero-order valence-corrected chi connectivity index (χ0v) is 13.5. The van der Waals surface area contributed by atoms with Crippen molar-refractivity contribution in [2.75, 3.05) is 7.05 Å². The van der Waals surface area contributed by atoms with E-state index in [2.05, 4.69) is 53.0 Å². The molecule has 0 saturated carbocycles. The van der Waals surface area contributed by atoms with E-state index in [1.165, 1.54) is 5.56 Å². The number of hydrogen-bond acceptors (Lipinski definition) is 3. The summed E-state index contributed by atoms with van der Waals surface area (Å²) in [6, 6.07) is 10.7. The third-order valence-corrected chi connectivity index (χ3v) is 4.05. The molecule has 1 aromatic heterocycles. The Bertz CT molecular complexity index is 527. The predicted octanol–water partition coefficient (Wildman–Crippen LogP) is 3.95. The van der Waals surface area contributed by atoms with Crippen LogP contribution >= 0.6 is 15.9 Å². The van der Waals surface area contributed by atoms with Gasteiger partial charge in [0.15, 0.2) is 0 Å². The lowest BCUT2D eigenvalue weighted by atomic mass is 9.96. The molecule has 0 aliphatic carbocycles. The third kappa shape index (κ3) is 3.72. The van der Waals surface area contributed by atoms with Crippen molar-refractivity contribution >= 4 is 15.9 Å². The highest BCUT2D eigenvalue weighted by atomic mass is 79.9. The van der Waals surface area contributed by atoms with Gasteiger partial charge in [-0.1, -0.05) is 35.0 Å². The molecule has 0 spiro atoms. The maximum Gasteiger partial charge on any atom is 0.0947 e. The van der Waals surface area contributed by atoms with Crippen molar-refractivity contribution in [3.63, 3.8) is 0 Å². The summed E-state index contributed by atoms with van der Waals surface area (Å²) in [6.45, 7) is 2.95. The molecule has 3 nitrogen and oxygen atoms in total. The second kappa shape index (κ2) is 7.07. The van der Waals surface area contributed by atoms with Crippen LogP contribution < -0.4 is 5.73 Å². The van der Waals surface area contributed by atoms with E-state index in [0.717, 1.165) is 23.0 Å². The molecule has 0 aliphatic rings. The molecule has 0 bridgehead atoms. The van der Waals surface area contributed by atoms with Gasteiger partial charge in [0.25, 0.3) is 0 Å². The highest BCUT2D eigenvalue weighted by Crippen LogP contribution is 2.27. The van der Waals surface area contributed by atoms with Crippen molar-refractivity contribution < 1.29 is 4.42 Å². The van der Waals surface area contributed by atoms with Gasteiger partial charge in [-0.05, 0) is 37.2 Å². The van der Waals surface area contributed by atoms with E-state index < -0.39 is 0 Å². The van der Waals surface area contributed by atoms with Crippen LogP contribution in [0.2, 0.25) is 0 Å². The van der Waals surface area contributed by atoms with Gasteiger partial charge in [-0.25, -0.2) is 0 Å². The smallest absolute Gasteiger partial charge is 0.0947 e. The van der Waals surface area contributed by atoms with E-state index in [9.17, 15) is 0 Å². The van der Waals surface area contributed by atoms with E-state index in [1.807, 2.05) is 12.1 Å². The molecular formula is C16H21BrN2O. The average Bonchev–Trinajstić information content (AvgIpc) is 2.91. The van der Waals surface area contributed by atoms with Crippen LogP contribution in [0.15, 0.2) is 51.7 Å². The monoisotopic (exact) mass is 336 g/mol. The molecule has 108 valence electrons. The molecule has 0 saturated heterocycles. The molecule has 20 heavy (non-hydrogen) atoms. The maximum atomic E-state index is 6.35. The Balaban J connectivity index is 2.23. The zero-order valence-electron chi connectivity index (χ0n) is 11.9. The SMILES string of the molecule is CCC(N)C(c1cccc(Br)c1)N(C)Cc1ccoc1. The molecule has 0 fully saturated rings. The van der Waals surface area contributed by atoms with E-state index >= 15 is 0 Å². The van der Waals surface area contributed by atoms with Gasteiger partial charge >= 0.3 is 0 Å². The topological polar surface area (TPSA) is 42.4 Å². The number of likely N-dealkylation sites (N-methyl/N-ethyl adjacent to an activating group) is 1. The number of halogens is 1. The molecule has 0 amide bonds. The molecule has 1 aromatic carbocycles. The molecule has 2 rings (SSSR count). The van der Waals surface area contributed by atoms with E-state index in [1.54, 1.807) is 12.5 Å². The lowest BCUT2D eigenvalue weighted by molar-refractivity contribution is 0.201. The molecular weight excluding hydrogens is 316 g/mol. The first-order chi connectivity index (χ1) is 9.61. The van der Waals surface area contributed by atoms with Crippen LogP contribution in [0.1, 0.15) is 30.5 Å². The quantitative estimate of drug-likeness (QED) is 0.868. The van der Waals surface area contributed by atoms with Crippen LogP contribution in [-0.4, -0.2) is 18.0 Å². The van der Waals surface area contributed by atoms with Crippen LogP contribution in [-0.2, 0) is 6.54 Å². The second-order valence-electron chi connectivity index (χ2n) is 5.12. The lowest BCUT2D eigenvalue weighted by Crippen LogP contribution is -2.38. The summed E-state index contributed by atoms with van der Waals surface area (Å²) in [5.41, 5.74) is 8.75. The Morgan fingerprint density at radius 1 is 1.35 bits per heavy atom. The van der Waals surface area contributed by atoms with Crippen molar-refractivity contribution in [2.24, 2.45) is 5.73 Å². The Morgan fingerprint density at radius 3 is 2.75 bits per heavy atom. The summed E-state index contributed by atoms with van der Waals surface area (Å²) >= 11 is 3.54. The fourth-order valence-electron chi connectivity index (χ4n) is 2.51. The van der Waals surface area contributed by atoms with Gasteiger partial charge in [0, 0.05) is 28.7 Å². The fraction of sp³-hybridized carbons (Fsp3) is 0.375. The molecule has 0 radical (unpaired) electrons. The summed E-state index contributed by atoms with van der Waals surface area (Å²) in [4.78, 5) is 2.28. The highest BCUT2D eigenvalue weighted by molar-refractivity contribution is 9.10. The number of furan rings is 1. The lowest BCUT2D eigenvalue weighted by Gasteiger charge is -2.32. The third-order valence-electron chi connectivity index (χ3n) is 3.55. The normalized spacial score (nSPS) is 14.4. The molecule has 1 heterocycles. The van der Waals surface area contributed by atoms with E-state index in [-0.39, 0.29) is 12.1 Å². The number of rotatable bonds is 6. The molecule has 4 heteroatoms. The first kappa shape index (κ1) is 15.3. The van der Waals surface area contributed by atoms with Crippen LogP contribution in [0.25, 0.3) is 0 Å². The molecule has 2 aromatic rings. The van der Waals surface area contributed by atoms with E-state index in [4.69, 9.17) is 10.2 Å². The Hall–Kier alpha value is -1.10. The Morgan fingerprint density at radius 2 is 2.15 bits per heavy atom. The van der Waals surface area contributed by atoms with Crippen molar-refractivity contribution in [1.82, 2.24) is 4.90 Å².